The Bertz CT molecular complexity index is 265. The largest absolute Gasteiger partial charge is 0.294 e. The molecule has 0 spiro atoms. The smallest absolute Gasteiger partial charge is 0.262 e. The molecule has 5 nitrogen and oxygen atoms in total. The van der Waals surface area contributed by atoms with Gasteiger partial charge in [-0.1, -0.05) is 5.21 Å². The fraction of sp³-hybridized carbons (Fsp3) is 0.571. The minimum Gasteiger partial charge on any atom is -0.294 e. The molecule has 1 fully saturated rings. The Morgan fingerprint density at radius 2 is 2.33 bits per heavy atom. The van der Waals surface area contributed by atoms with Crippen molar-refractivity contribution in [3.05, 3.63) is 12.4 Å². The molecule has 2 heterocycles. The van der Waals surface area contributed by atoms with Crippen LogP contribution in [0.2, 0.25) is 0 Å². The third-order valence-electron chi connectivity index (χ3n) is 1.99. The molecular formula is C7H10N4O. The molecule has 5 heteroatoms. The van der Waals surface area contributed by atoms with Crippen LogP contribution in [0.5, 0.6) is 0 Å². The number of aromatic nitrogens is 3. The van der Waals surface area contributed by atoms with Gasteiger partial charge >= 0.3 is 0 Å². The van der Waals surface area contributed by atoms with Crippen molar-refractivity contribution in [2.24, 2.45) is 0 Å². The van der Waals surface area contributed by atoms with Crippen LogP contribution in [0.15, 0.2) is 12.4 Å². The summed E-state index contributed by atoms with van der Waals surface area (Å²) in [7, 11) is 0. The van der Waals surface area contributed by atoms with Gasteiger partial charge in [-0.25, -0.2) is 0 Å². The summed E-state index contributed by atoms with van der Waals surface area (Å²) in [5.74, 6) is -0.00722. The second kappa shape index (κ2) is 3.02. The van der Waals surface area contributed by atoms with E-state index in [4.69, 9.17) is 0 Å². The van der Waals surface area contributed by atoms with Crippen molar-refractivity contribution in [3.8, 4) is 0 Å². The molecule has 0 saturated carbocycles. The van der Waals surface area contributed by atoms with E-state index in [0.29, 0.717) is 6.54 Å². The average Bonchev–Trinajstić information content (AvgIpc) is 2.47. The molecule has 2 rings (SSSR count). The molecule has 1 aliphatic rings. The highest BCUT2D eigenvalue weighted by atomic mass is 16.2. The van der Waals surface area contributed by atoms with Crippen molar-refractivity contribution in [2.45, 2.75) is 6.42 Å². The summed E-state index contributed by atoms with van der Waals surface area (Å²) in [6, 6.07) is 0. The first kappa shape index (κ1) is 7.42. The van der Waals surface area contributed by atoms with Crippen molar-refractivity contribution < 1.29 is 4.79 Å². The predicted octanol–water partition coefficient (Wildman–Crippen LogP) is -0.376. The van der Waals surface area contributed by atoms with Crippen LogP contribution in [0.1, 0.15) is 11.2 Å². The van der Waals surface area contributed by atoms with Gasteiger partial charge in [-0.05, 0) is 19.5 Å². The molecule has 1 aliphatic heterocycles. The minimum atomic E-state index is -0.00722. The second-order valence-electron chi connectivity index (χ2n) is 2.87. The van der Waals surface area contributed by atoms with Crippen LogP contribution in [0.4, 0.5) is 0 Å². The Morgan fingerprint density at radius 1 is 1.50 bits per heavy atom. The molecule has 64 valence electrons. The number of nitrogens with zero attached hydrogens (tertiary/aromatic N) is 4. The van der Waals surface area contributed by atoms with E-state index in [-0.39, 0.29) is 5.91 Å². The maximum Gasteiger partial charge on any atom is 0.262 e. The van der Waals surface area contributed by atoms with Crippen LogP contribution in [0, 0.1) is 0 Å². The molecular weight excluding hydrogens is 156 g/mol. The van der Waals surface area contributed by atoms with Gasteiger partial charge in [0.15, 0.2) is 0 Å². The van der Waals surface area contributed by atoms with E-state index in [1.54, 1.807) is 6.20 Å². The first-order valence-electron chi connectivity index (χ1n) is 3.98. The molecule has 0 aromatic carbocycles. The number of hydrogen-bond donors (Lipinski definition) is 0. The standard InChI is InChI=1S/C7H10N4O/c12-7(6-10-3-1-4-10)11-5-2-8-9-11/h2,5H,1,3-4,6H2. The zero-order valence-corrected chi connectivity index (χ0v) is 6.68. The Kier molecular flexibility index (Phi) is 1.87. The highest BCUT2D eigenvalue weighted by Crippen LogP contribution is 2.04. The van der Waals surface area contributed by atoms with Gasteiger partial charge in [-0.3, -0.25) is 9.69 Å². The van der Waals surface area contributed by atoms with Crippen LogP contribution in [-0.4, -0.2) is 45.4 Å². The lowest BCUT2D eigenvalue weighted by molar-refractivity contribution is 0.0774. The van der Waals surface area contributed by atoms with Gasteiger partial charge in [0.25, 0.3) is 5.91 Å². The van der Waals surface area contributed by atoms with E-state index >= 15 is 0 Å². The van der Waals surface area contributed by atoms with E-state index in [2.05, 4.69) is 15.2 Å². The third-order valence-corrected chi connectivity index (χ3v) is 1.99. The SMILES string of the molecule is O=C(CN1CCC1)n1ccnn1. The van der Waals surface area contributed by atoms with E-state index < -0.39 is 0 Å². The fourth-order valence-corrected chi connectivity index (χ4v) is 1.14. The number of carbonyl (C=O) groups excluding carboxylic acids is 1. The number of likely N-dealkylation sites (tertiary alicyclic amines) is 1. The molecule has 0 atom stereocenters. The lowest BCUT2D eigenvalue weighted by Crippen LogP contribution is -2.42. The summed E-state index contributed by atoms with van der Waals surface area (Å²) in [6.45, 7) is 2.52. The van der Waals surface area contributed by atoms with Gasteiger partial charge in [0.2, 0.25) is 0 Å². The van der Waals surface area contributed by atoms with Gasteiger partial charge in [-0.2, -0.15) is 4.68 Å². The normalized spacial score (nSPS) is 17.3. The van der Waals surface area contributed by atoms with Crippen molar-refractivity contribution in [1.29, 1.82) is 0 Å². The predicted molar refractivity (Wildman–Crippen MR) is 41.7 cm³/mol. The van der Waals surface area contributed by atoms with Gasteiger partial charge in [-0.15, -0.1) is 5.10 Å². The molecule has 0 N–H and O–H groups in total. The summed E-state index contributed by atoms with van der Waals surface area (Å²) in [5.41, 5.74) is 0. The topological polar surface area (TPSA) is 51.0 Å². The first-order valence-corrected chi connectivity index (χ1v) is 3.98. The van der Waals surface area contributed by atoms with E-state index in [1.165, 1.54) is 17.3 Å². The maximum atomic E-state index is 11.3. The zero-order chi connectivity index (χ0) is 8.39. The van der Waals surface area contributed by atoms with Crippen molar-refractivity contribution in [2.75, 3.05) is 19.6 Å². The van der Waals surface area contributed by atoms with Crippen LogP contribution < -0.4 is 0 Å². The van der Waals surface area contributed by atoms with Crippen LogP contribution >= 0.6 is 0 Å². The molecule has 1 aromatic heterocycles. The number of hydrogen-bond acceptors (Lipinski definition) is 4. The summed E-state index contributed by atoms with van der Waals surface area (Å²) in [4.78, 5) is 13.4. The Hall–Kier alpha value is -1.23. The molecule has 0 unspecified atom stereocenters. The molecule has 1 saturated heterocycles. The monoisotopic (exact) mass is 166 g/mol. The first-order chi connectivity index (χ1) is 5.86. The molecule has 1 aromatic rings. The van der Waals surface area contributed by atoms with Crippen molar-refractivity contribution in [1.82, 2.24) is 19.9 Å². The Morgan fingerprint density at radius 3 is 2.83 bits per heavy atom. The summed E-state index contributed by atoms with van der Waals surface area (Å²) < 4.78 is 1.28. The molecule has 0 aliphatic carbocycles. The van der Waals surface area contributed by atoms with Crippen LogP contribution in [-0.2, 0) is 0 Å². The number of carbonyl (C=O) groups is 1. The Labute approximate surface area is 70.0 Å². The molecule has 0 radical (unpaired) electrons. The summed E-state index contributed by atoms with van der Waals surface area (Å²) in [5, 5.41) is 7.19. The highest BCUT2D eigenvalue weighted by Gasteiger charge is 2.17. The van der Waals surface area contributed by atoms with E-state index in [1.807, 2.05) is 0 Å². The third kappa shape index (κ3) is 1.35. The van der Waals surface area contributed by atoms with Gasteiger partial charge < -0.3 is 0 Å². The number of rotatable bonds is 2. The fourth-order valence-electron chi connectivity index (χ4n) is 1.14. The van der Waals surface area contributed by atoms with Crippen LogP contribution in [0.3, 0.4) is 0 Å². The lowest BCUT2D eigenvalue weighted by atomic mass is 10.2. The highest BCUT2D eigenvalue weighted by molar-refractivity contribution is 5.79. The van der Waals surface area contributed by atoms with Gasteiger partial charge in [0.05, 0.1) is 18.9 Å². The van der Waals surface area contributed by atoms with Gasteiger partial charge in [0, 0.05) is 0 Å². The minimum absolute atomic E-state index is 0.00722. The molecule has 0 amide bonds. The average molecular weight is 166 g/mol. The van der Waals surface area contributed by atoms with E-state index in [0.717, 1.165) is 13.1 Å². The summed E-state index contributed by atoms with van der Waals surface area (Å²) >= 11 is 0. The van der Waals surface area contributed by atoms with Crippen molar-refractivity contribution >= 4 is 5.91 Å². The Balaban J connectivity index is 1.92. The summed E-state index contributed by atoms with van der Waals surface area (Å²) in [6.07, 6.45) is 4.28. The second-order valence-corrected chi connectivity index (χ2v) is 2.87. The zero-order valence-electron chi connectivity index (χ0n) is 6.68. The van der Waals surface area contributed by atoms with Crippen LogP contribution in [0.25, 0.3) is 0 Å². The van der Waals surface area contributed by atoms with E-state index in [9.17, 15) is 4.79 Å². The maximum absolute atomic E-state index is 11.3. The van der Waals surface area contributed by atoms with Gasteiger partial charge in [0.1, 0.15) is 0 Å². The molecule has 0 bridgehead atoms. The van der Waals surface area contributed by atoms with Crippen molar-refractivity contribution in [3.63, 3.8) is 0 Å². The quantitative estimate of drug-likeness (QED) is 0.601. The molecule has 12 heavy (non-hydrogen) atoms. The lowest BCUT2D eigenvalue weighted by Gasteiger charge is -2.29.